The SMILES string of the molecule is CNc1nc(NCc2ccccc2)nc2ccc(-c3ccccc3)cc12. The molecule has 0 atom stereocenters. The summed E-state index contributed by atoms with van der Waals surface area (Å²) in [7, 11) is 1.89. The maximum atomic E-state index is 4.67. The maximum Gasteiger partial charge on any atom is 0.225 e. The van der Waals surface area contributed by atoms with Gasteiger partial charge < -0.3 is 10.6 Å². The summed E-state index contributed by atoms with van der Waals surface area (Å²) in [5, 5.41) is 7.52. The van der Waals surface area contributed by atoms with Crippen LogP contribution in [0.1, 0.15) is 5.56 Å². The fraction of sp³-hybridized carbons (Fsp3) is 0.0909. The highest BCUT2D eigenvalue weighted by molar-refractivity contribution is 5.93. The number of fused-ring (bicyclic) bond motifs is 1. The van der Waals surface area contributed by atoms with E-state index in [4.69, 9.17) is 0 Å². The molecule has 4 heteroatoms. The molecule has 0 aliphatic rings. The Morgan fingerprint density at radius 3 is 2.23 bits per heavy atom. The van der Waals surface area contributed by atoms with E-state index < -0.39 is 0 Å². The van der Waals surface area contributed by atoms with Crippen molar-refractivity contribution >= 4 is 22.7 Å². The minimum Gasteiger partial charge on any atom is -0.372 e. The summed E-state index contributed by atoms with van der Waals surface area (Å²) in [4.78, 5) is 9.31. The van der Waals surface area contributed by atoms with Crippen LogP contribution < -0.4 is 10.6 Å². The second-order valence-corrected chi connectivity index (χ2v) is 6.08. The first-order chi connectivity index (χ1) is 12.8. The first-order valence-corrected chi connectivity index (χ1v) is 8.66. The highest BCUT2D eigenvalue weighted by atomic mass is 15.1. The number of benzene rings is 3. The zero-order valence-electron chi connectivity index (χ0n) is 14.6. The van der Waals surface area contributed by atoms with Gasteiger partial charge in [-0.1, -0.05) is 66.7 Å². The van der Waals surface area contributed by atoms with Crippen LogP contribution in [-0.2, 0) is 6.54 Å². The molecule has 0 saturated heterocycles. The molecule has 4 nitrogen and oxygen atoms in total. The predicted molar refractivity (Wildman–Crippen MR) is 108 cm³/mol. The van der Waals surface area contributed by atoms with Crippen LogP contribution in [0.25, 0.3) is 22.0 Å². The summed E-state index contributed by atoms with van der Waals surface area (Å²) in [6.45, 7) is 0.692. The van der Waals surface area contributed by atoms with Crippen molar-refractivity contribution < 1.29 is 0 Å². The summed E-state index contributed by atoms with van der Waals surface area (Å²) < 4.78 is 0. The van der Waals surface area contributed by atoms with Crippen molar-refractivity contribution in [1.82, 2.24) is 9.97 Å². The lowest BCUT2D eigenvalue weighted by Crippen LogP contribution is -2.06. The normalized spacial score (nSPS) is 10.7. The molecule has 0 unspecified atom stereocenters. The summed E-state index contributed by atoms with van der Waals surface area (Å²) >= 11 is 0. The highest BCUT2D eigenvalue weighted by Crippen LogP contribution is 2.28. The van der Waals surface area contributed by atoms with Crippen LogP contribution in [0.4, 0.5) is 11.8 Å². The Bertz CT molecular complexity index is 1010. The molecule has 128 valence electrons. The van der Waals surface area contributed by atoms with Gasteiger partial charge >= 0.3 is 0 Å². The van der Waals surface area contributed by atoms with Crippen molar-refractivity contribution in [1.29, 1.82) is 0 Å². The third kappa shape index (κ3) is 3.35. The molecule has 0 radical (unpaired) electrons. The average molecular weight is 340 g/mol. The highest BCUT2D eigenvalue weighted by Gasteiger charge is 2.08. The van der Waals surface area contributed by atoms with E-state index in [1.165, 1.54) is 11.1 Å². The zero-order valence-corrected chi connectivity index (χ0v) is 14.6. The number of anilines is 2. The molecule has 3 aromatic carbocycles. The van der Waals surface area contributed by atoms with Crippen molar-refractivity contribution in [2.45, 2.75) is 6.54 Å². The van der Waals surface area contributed by atoms with Crippen LogP contribution in [0, 0.1) is 0 Å². The fourth-order valence-electron chi connectivity index (χ4n) is 2.99. The van der Waals surface area contributed by atoms with Crippen LogP contribution in [0.5, 0.6) is 0 Å². The van der Waals surface area contributed by atoms with Crippen molar-refractivity contribution in [2.24, 2.45) is 0 Å². The van der Waals surface area contributed by atoms with Gasteiger partial charge in [0.1, 0.15) is 5.82 Å². The molecule has 0 aliphatic heterocycles. The number of aromatic nitrogens is 2. The Labute approximate surface area is 152 Å². The molecule has 26 heavy (non-hydrogen) atoms. The minimum atomic E-state index is 0.623. The molecule has 4 aromatic rings. The second-order valence-electron chi connectivity index (χ2n) is 6.08. The molecule has 0 bridgehead atoms. The van der Waals surface area contributed by atoms with Crippen molar-refractivity contribution in [3.63, 3.8) is 0 Å². The molecule has 0 spiro atoms. The van der Waals surface area contributed by atoms with E-state index in [9.17, 15) is 0 Å². The molecular formula is C22H20N4. The van der Waals surface area contributed by atoms with E-state index in [1.807, 2.05) is 49.5 Å². The minimum absolute atomic E-state index is 0.623. The summed E-state index contributed by atoms with van der Waals surface area (Å²) in [5.74, 6) is 1.45. The molecule has 0 saturated carbocycles. The molecule has 4 rings (SSSR count). The topological polar surface area (TPSA) is 49.8 Å². The largest absolute Gasteiger partial charge is 0.372 e. The van der Waals surface area contributed by atoms with Crippen molar-refractivity contribution in [3.8, 4) is 11.1 Å². The number of hydrogen-bond donors (Lipinski definition) is 2. The van der Waals surface area contributed by atoms with Gasteiger partial charge in [0.2, 0.25) is 5.95 Å². The quantitative estimate of drug-likeness (QED) is 0.540. The Morgan fingerprint density at radius 2 is 1.50 bits per heavy atom. The van der Waals surface area contributed by atoms with Crippen LogP contribution in [0.3, 0.4) is 0 Å². The summed E-state index contributed by atoms with van der Waals surface area (Å²) in [5.41, 5.74) is 4.45. The standard InChI is InChI=1S/C22H20N4/c1-23-21-19-14-18(17-10-6-3-7-11-17)12-13-20(19)25-22(26-21)24-15-16-8-4-2-5-9-16/h2-14H,15H2,1H3,(H2,23,24,25,26). The number of nitrogens with one attached hydrogen (secondary N) is 2. The smallest absolute Gasteiger partial charge is 0.225 e. The monoisotopic (exact) mass is 340 g/mol. The first-order valence-electron chi connectivity index (χ1n) is 8.66. The second kappa shape index (κ2) is 7.23. The van der Waals surface area contributed by atoms with Gasteiger partial charge in [-0.2, -0.15) is 4.98 Å². The van der Waals surface area contributed by atoms with E-state index >= 15 is 0 Å². The number of nitrogens with zero attached hydrogens (tertiary/aromatic N) is 2. The number of hydrogen-bond acceptors (Lipinski definition) is 4. The van der Waals surface area contributed by atoms with Gasteiger partial charge in [-0.25, -0.2) is 4.98 Å². The lowest BCUT2D eigenvalue weighted by Gasteiger charge is -2.11. The lowest BCUT2D eigenvalue weighted by atomic mass is 10.0. The summed E-state index contributed by atoms with van der Waals surface area (Å²) in [6, 6.07) is 26.9. The van der Waals surface area contributed by atoms with Gasteiger partial charge in [-0.05, 0) is 28.8 Å². The fourth-order valence-corrected chi connectivity index (χ4v) is 2.99. The lowest BCUT2D eigenvalue weighted by molar-refractivity contribution is 1.07. The molecule has 1 aromatic heterocycles. The molecule has 0 fully saturated rings. The molecular weight excluding hydrogens is 320 g/mol. The number of rotatable bonds is 5. The van der Waals surface area contributed by atoms with Crippen LogP contribution in [0.2, 0.25) is 0 Å². The van der Waals surface area contributed by atoms with E-state index in [2.05, 4.69) is 57.0 Å². The first kappa shape index (κ1) is 16.1. The van der Waals surface area contributed by atoms with E-state index in [0.29, 0.717) is 12.5 Å². The third-order valence-electron chi connectivity index (χ3n) is 4.33. The van der Waals surface area contributed by atoms with Crippen molar-refractivity contribution in [2.75, 3.05) is 17.7 Å². The van der Waals surface area contributed by atoms with Gasteiger partial charge in [-0.15, -0.1) is 0 Å². The van der Waals surface area contributed by atoms with Crippen molar-refractivity contribution in [3.05, 3.63) is 84.4 Å². The maximum absolute atomic E-state index is 4.67. The Morgan fingerprint density at radius 1 is 0.769 bits per heavy atom. The zero-order chi connectivity index (χ0) is 17.8. The molecule has 0 aliphatic carbocycles. The van der Waals surface area contributed by atoms with Gasteiger partial charge in [0, 0.05) is 19.0 Å². The Balaban J connectivity index is 1.67. The van der Waals surface area contributed by atoms with E-state index in [-0.39, 0.29) is 0 Å². The molecule has 0 amide bonds. The van der Waals surface area contributed by atoms with Gasteiger partial charge in [0.25, 0.3) is 0 Å². The molecule has 2 N–H and O–H groups in total. The van der Waals surface area contributed by atoms with Crippen LogP contribution in [-0.4, -0.2) is 17.0 Å². The van der Waals surface area contributed by atoms with Gasteiger partial charge in [-0.3, -0.25) is 0 Å². The third-order valence-corrected chi connectivity index (χ3v) is 4.33. The van der Waals surface area contributed by atoms with E-state index in [1.54, 1.807) is 0 Å². The van der Waals surface area contributed by atoms with E-state index in [0.717, 1.165) is 22.3 Å². The Hall–Kier alpha value is -3.40. The average Bonchev–Trinajstić information content (AvgIpc) is 2.72. The van der Waals surface area contributed by atoms with Crippen LogP contribution >= 0.6 is 0 Å². The van der Waals surface area contributed by atoms with Crippen LogP contribution in [0.15, 0.2) is 78.9 Å². The van der Waals surface area contributed by atoms with Gasteiger partial charge in [0.15, 0.2) is 0 Å². The summed E-state index contributed by atoms with van der Waals surface area (Å²) in [6.07, 6.45) is 0. The molecule has 1 heterocycles. The Kier molecular flexibility index (Phi) is 4.48. The van der Waals surface area contributed by atoms with Gasteiger partial charge in [0.05, 0.1) is 5.52 Å². The predicted octanol–water partition coefficient (Wildman–Crippen LogP) is 4.95.